The van der Waals surface area contributed by atoms with Gasteiger partial charge in [0.25, 0.3) is 0 Å². The molecule has 0 aliphatic heterocycles. The molecule has 0 saturated heterocycles. The molecule has 0 unspecified atom stereocenters. The Kier molecular flexibility index (Phi) is 23.3. The van der Waals surface area contributed by atoms with E-state index >= 15 is 0 Å². The van der Waals surface area contributed by atoms with Gasteiger partial charge < -0.3 is 49.8 Å². The Hall–Kier alpha value is -1.65. The van der Waals surface area contributed by atoms with Crippen LogP contribution >= 0.6 is 0 Å². The normalized spacial score (nSPS) is 8.55. The average Bonchev–Trinajstić information content (AvgIpc) is 2.28. The molecule has 0 fully saturated rings. The first-order valence-corrected chi connectivity index (χ1v) is 5.98. The fraction of sp³-hybridized carbons (Fsp3) is 0.500. The van der Waals surface area contributed by atoms with Gasteiger partial charge in [0.2, 0.25) is 0 Å². The van der Waals surface area contributed by atoms with E-state index in [9.17, 15) is 0 Å². The van der Waals surface area contributed by atoms with Crippen LogP contribution < -0.4 is 0 Å². The van der Waals surface area contributed by atoms with Gasteiger partial charge in [-0.2, -0.15) is 0 Å². The Bertz CT molecular complexity index is 219. The van der Waals surface area contributed by atoms with Crippen LogP contribution in [0.3, 0.4) is 0 Å². The van der Waals surface area contributed by atoms with E-state index in [0.717, 1.165) is 0 Å². The molecule has 0 bridgehead atoms. The molecule has 10 N–H and O–H groups in total. The summed E-state index contributed by atoms with van der Waals surface area (Å²) in [4.78, 5) is 56.7. The minimum atomic E-state index is -4.61. The monoisotopic (exact) mass is 324 g/mol. The van der Waals surface area contributed by atoms with Gasteiger partial charge >= 0.3 is 27.0 Å². The number of aliphatic hydroxyl groups excluding tert-OH is 3. The zero-order valence-corrected chi connectivity index (χ0v) is 10.8. The van der Waals surface area contributed by atoms with Gasteiger partial charge in [0.1, 0.15) is 19.8 Å². The van der Waals surface area contributed by atoms with E-state index in [4.69, 9.17) is 64.2 Å². The van der Waals surface area contributed by atoms with Crippen molar-refractivity contribution < 1.29 is 64.2 Å². The smallest absolute Gasteiger partial charge is 0.480 e. The number of carboxylic acids is 3. The number of hydrogen-bond donors (Lipinski definition) is 10. The molecule has 0 saturated carbocycles. The number of carboxylic acid groups (broad SMARTS) is 3. The third-order valence-corrected chi connectivity index (χ3v) is 0.406. The molecule has 0 spiro atoms. The largest absolute Gasteiger partial charge is 0.668 e. The van der Waals surface area contributed by atoms with Crippen LogP contribution in [0.5, 0.6) is 0 Å². The first-order valence-electron chi connectivity index (χ1n) is 4.19. The van der Waals surface area contributed by atoms with E-state index in [1.54, 1.807) is 0 Å². The molecule has 20 heavy (non-hydrogen) atoms. The highest BCUT2D eigenvalue weighted by Gasteiger charge is 2.22. The molecule has 122 valence electrons. The number of carbonyl (C=O) groups is 3. The highest BCUT2D eigenvalue weighted by atomic mass is 28.4. The molecule has 0 heterocycles. The zero-order chi connectivity index (χ0) is 17.4. The molecule has 0 aromatic carbocycles. The third-order valence-electron chi connectivity index (χ3n) is 0.406. The van der Waals surface area contributed by atoms with E-state index < -0.39 is 46.8 Å². The lowest BCUT2D eigenvalue weighted by atomic mass is 10.8. The van der Waals surface area contributed by atoms with Crippen molar-refractivity contribution in [2.75, 3.05) is 19.8 Å². The predicted octanol–water partition coefficient (Wildman–Crippen LogP) is -5.42. The van der Waals surface area contributed by atoms with Gasteiger partial charge in [0, 0.05) is 0 Å². The Morgan fingerprint density at radius 1 is 0.600 bits per heavy atom. The van der Waals surface area contributed by atoms with Gasteiger partial charge in [-0.15, -0.1) is 0 Å². The molecular weight excluding hydrogens is 308 g/mol. The van der Waals surface area contributed by atoms with Gasteiger partial charge in [-0.05, 0) is 0 Å². The second-order valence-electron chi connectivity index (χ2n) is 2.26. The third kappa shape index (κ3) is 204. The molecule has 0 radical (unpaired) electrons. The van der Waals surface area contributed by atoms with Crippen molar-refractivity contribution in [3.8, 4) is 0 Å². The molecule has 0 aliphatic rings. The van der Waals surface area contributed by atoms with E-state index in [0.29, 0.717) is 0 Å². The number of aliphatic hydroxyl groups is 3. The average molecular weight is 324 g/mol. The van der Waals surface area contributed by atoms with Gasteiger partial charge in [-0.1, -0.05) is 0 Å². The van der Waals surface area contributed by atoms with Crippen LogP contribution in [-0.2, 0) is 14.4 Å². The van der Waals surface area contributed by atoms with Crippen molar-refractivity contribution in [2.24, 2.45) is 0 Å². The van der Waals surface area contributed by atoms with Crippen molar-refractivity contribution in [2.45, 2.75) is 0 Å². The molecular formula is C6H16O13Si. The maximum absolute atomic E-state index is 9.12. The molecule has 0 amide bonds. The second kappa shape index (κ2) is 17.3. The topological polar surface area (TPSA) is 254 Å². The van der Waals surface area contributed by atoms with Gasteiger partial charge in [-0.3, -0.25) is 0 Å². The van der Waals surface area contributed by atoms with Crippen LogP contribution in [0, 0.1) is 0 Å². The van der Waals surface area contributed by atoms with Crippen molar-refractivity contribution in [1.29, 1.82) is 0 Å². The summed E-state index contributed by atoms with van der Waals surface area (Å²) in [5.74, 6) is -3.57. The molecule has 14 heteroatoms. The van der Waals surface area contributed by atoms with Crippen LogP contribution in [0.4, 0.5) is 0 Å². The molecule has 0 aliphatic carbocycles. The second-order valence-corrected chi connectivity index (χ2v) is 3.46. The fourth-order valence-corrected chi connectivity index (χ4v) is 0. The molecule has 0 rings (SSSR count). The van der Waals surface area contributed by atoms with Gasteiger partial charge in [0.05, 0.1) is 0 Å². The van der Waals surface area contributed by atoms with Crippen LogP contribution in [0.2, 0.25) is 0 Å². The summed E-state index contributed by atoms with van der Waals surface area (Å²) in [5, 5.41) is 45.0. The van der Waals surface area contributed by atoms with Crippen molar-refractivity contribution in [1.82, 2.24) is 0 Å². The van der Waals surface area contributed by atoms with Crippen molar-refractivity contribution in [3.05, 3.63) is 0 Å². The van der Waals surface area contributed by atoms with E-state index in [-0.39, 0.29) is 0 Å². The summed E-state index contributed by atoms with van der Waals surface area (Å²) in [6.45, 7) is -2.33. The van der Waals surface area contributed by atoms with Crippen LogP contribution in [-0.4, -0.2) is 96.6 Å². The molecule has 0 aromatic rings. The van der Waals surface area contributed by atoms with E-state index in [1.807, 2.05) is 0 Å². The summed E-state index contributed by atoms with van der Waals surface area (Å²) in [6, 6.07) is 0. The zero-order valence-electron chi connectivity index (χ0n) is 9.82. The minimum absolute atomic E-state index is 0.778. The van der Waals surface area contributed by atoms with Crippen LogP contribution in [0.25, 0.3) is 0 Å². The summed E-state index contributed by atoms with van der Waals surface area (Å²) >= 11 is 0. The first kappa shape index (κ1) is 26.8. The lowest BCUT2D eigenvalue weighted by Crippen LogP contribution is -2.33. The van der Waals surface area contributed by atoms with Crippen LogP contribution in [0.15, 0.2) is 0 Å². The number of hydrogen-bond acceptors (Lipinski definition) is 10. The summed E-state index contributed by atoms with van der Waals surface area (Å²) in [6.07, 6.45) is 0. The summed E-state index contributed by atoms with van der Waals surface area (Å²) in [7, 11) is -4.61. The maximum Gasteiger partial charge on any atom is 0.668 e. The lowest BCUT2D eigenvalue weighted by Gasteiger charge is -1.91. The van der Waals surface area contributed by atoms with Gasteiger partial charge in [0.15, 0.2) is 0 Å². The lowest BCUT2D eigenvalue weighted by molar-refractivity contribution is -0.141. The number of aliphatic carboxylic acids is 3. The Balaban J connectivity index is -0.0000000853. The molecule has 0 aromatic heterocycles. The van der Waals surface area contributed by atoms with Gasteiger partial charge in [-0.25, -0.2) is 14.4 Å². The Labute approximate surface area is 112 Å². The van der Waals surface area contributed by atoms with Crippen molar-refractivity contribution >= 4 is 27.0 Å². The fourth-order valence-electron chi connectivity index (χ4n) is 0. The SMILES string of the molecule is O=C(O)CO.O=C(O)CO.O=C(O)CO.O[Si](O)(O)O. The maximum atomic E-state index is 9.12. The molecule has 13 nitrogen and oxygen atoms in total. The number of rotatable bonds is 3. The minimum Gasteiger partial charge on any atom is -0.480 e. The Morgan fingerprint density at radius 3 is 0.650 bits per heavy atom. The highest BCUT2D eigenvalue weighted by Crippen LogP contribution is 1.67. The Morgan fingerprint density at radius 2 is 0.650 bits per heavy atom. The molecule has 0 atom stereocenters. The standard InChI is InChI=1S/3C2H4O3.H4O4Si/c3*3-1-2(4)5;1-5(2,3)4/h3*3H,1H2,(H,4,5);1-4H. The first-order chi connectivity index (χ1) is 8.81. The summed E-state index contributed by atoms with van der Waals surface area (Å²) < 4.78 is 0. The predicted molar refractivity (Wildman–Crippen MR) is 58.8 cm³/mol. The van der Waals surface area contributed by atoms with Crippen LogP contribution in [0.1, 0.15) is 0 Å². The van der Waals surface area contributed by atoms with Crippen molar-refractivity contribution in [3.63, 3.8) is 0 Å². The quantitative estimate of drug-likeness (QED) is 0.218. The summed E-state index contributed by atoms with van der Waals surface area (Å²) in [5.41, 5.74) is 0. The van der Waals surface area contributed by atoms with E-state index in [1.165, 1.54) is 0 Å². The van der Waals surface area contributed by atoms with E-state index in [2.05, 4.69) is 0 Å². The highest BCUT2D eigenvalue weighted by molar-refractivity contribution is 6.46.